The molecule has 9 heteroatoms. The van der Waals surface area contributed by atoms with E-state index in [1.54, 1.807) is 0 Å². The third-order valence-corrected chi connectivity index (χ3v) is 4.50. The van der Waals surface area contributed by atoms with Gasteiger partial charge in [-0.05, 0) is 19.8 Å². The van der Waals surface area contributed by atoms with Crippen LogP contribution in [0, 0.1) is 0 Å². The third kappa shape index (κ3) is 3.78. The van der Waals surface area contributed by atoms with E-state index in [9.17, 15) is 13.2 Å². The van der Waals surface area contributed by atoms with E-state index in [1.807, 2.05) is 6.92 Å². The van der Waals surface area contributed by atoms with Gasteiger partial charge in [0.25, 0.3) is 0 Å². The molecule has 20 heavy (non-hydrogen) atoms. The summed E-state index contributed by atoms with van der Waals surface area (Å²) in [5.41, 5.74) is 0. The van der Waals surface area contributed by atoms with Crippen molar-refractivity contribution >= 4 is 16.0 Å². The smallest absolute Gasteiger partial charge is 0.325 e. The van der Waals surface area contributed by atoms with Crippen molar-refractivity contribution in [3.8, 4) is 0 Å². The van der Waals surface area contributed by atoms with E-state index in [0.717, 1.165) is 10.9 Å². The van der Waals surface area contributed by atoms with Gasteiger partial charge >= 0.3 is 5.97 Å². The molecule has 0 aliphatic carbocycles. The van der Waals surface area contributed by atoms with E-state index in [1.165, 1.54) is 6.20 Å². The number of hydrogen-bond acceptors (Lipinski definition) is 5. The highest BCUT2D eigenvalue weighted by atomic mass is 32.2. The van der Waals surface area contributed by atoms with E-state index >= 15 is 0 Å². The Morgan fingerprint density at radius 2 is 2.40 bits per heavy atom. The maximum atomic E-state index is 12.2. The Bertz CT molecular complexity index is 583. The predicted molar refractivity (Wildman–Crippen MR) is 68.6 cm³/mol. The van der Waals surface area contributed by atoms with E-state index < -0.39 is 16.0 Å². The van der Waals surface area contributed by atoms with Gasteiger partial charge in [0.2, 0.25) is 10.0 Å². The van der Waals surface area contributed by atoms with Gasteiger partial charge in [-0.25, -0.2) is 13.1 Å². The topological polar surface area (TPSA) is 111 Å². The highest BCUT2D eigenvalue weighted by molar-refractivity contribution is 7.89. The molecule has 0 spiro atoms. The largest absolute Gasteiger partial charge is 0.480 e. The van der Waals surface area contributed by atoms with E-state index in [0.29, 0.717) is 19.4 Å². The molecule has 2 heterocycles. The Kier molecular flexibility index (Phi) is 4.41. The highest BCUT2D eigenvalue weighted by Gasteiger charge is 2.26. The molecule has 1 saturated heterocycles. The lowest BCUT2D eigenvalue weighted by Crippen LogP contribution is -2.41. The second-order valence-corrected chi connectivity index (χ2v) is 6.51. The molecule has 1 aromatic heterocycles. The number of nitrogens with one attached hydrogen (secondary N) is 1. The average Bonchev–Trinajstić information content (AvgIpc) is 2.76. The highest BCUT2D eigenvalue weighted by Crippen LogP contribution is 2.16. The summed E-state index contributed by atoms with van der Waals surface area (Å²) in [4.78, 5) is 10.5. The van der Waals surface area contributed by atoms with Crippen molar-refractivity contribution in [2.24, 2.45) is 0 Å². The van der Waals surface area contributed by atoms with Gasteiger partial charge in [0, 0.05) is 18.8 Å². The molecular formula is C11H17N3O5S. The van der Waals surface area contributed by atoms with E-state index in [2.05, 4.69) is 9.82 Å². The fourth-order valence-corrected chi connectivity index (χ4v) is 3.34. The van der Waals surface area contributed by atoms with Crippen LogP contribution < -0.4 is 4.72 Å². The van der Waals surface area contributed by atoms with Crippen LogP contribution in [0.5, 0.6) is 0 Å². The van der Waals surface area contributed by atoms with Crippen molar-refractivity contribution in [2.75, 3.05) is 6.61 Å². The molecule has 2 N–H and O–H groups in total. The molecule has 0 radical (unpaired) electrons. The lowest BCUT2D eigenvalue weighted by Gasteiger charge is -2.27. The van der Waals surface area contributed by atoms with Gasteiger partial charge in [0.15, 0.2) is 0 Å². The van der Waals surface area contributed by atoms with E-state index in [-0.39, 0.29) is 23.6 Å². The molecule has 2 atom stereocenters. The zero-order valence-corrected chi connectivity index (χ0v) is 11.8. The average molecular weight is 303 g/mol. The van der Waals surface area contributed by atoms with Crippen molar-refractivity contribution in [3.05, 3.63) is 12.4 Å². The van der Waals surface area contributed by atoms with Crippen molar-refractivity contribution in [1.29, 1.82) is 0 Å². The number of sulfonamides is 1. The van der Waals surface area contributed by atoms with Crippen LogP contribution in [0.3, 0.4) is 0 Å². The quantitative estimate of drug-likeness (QED) is 0.780. The standard InChI is InChI=1S/C11H17N3O5S/c1-8-4-9(2-3-19-8)13-20(17,18)10-5-12-14(6-10)7-11(15)16/h5-6,8-9,13H,2-4,7H2,1H3,(H,15,16). The van der Waals surface area contributed by atoms with Gasteiger partial charge in [-0.1, -0.05) is 0 Å². The first kappa shape index (κ1) is 14.9. The van der Waals surface area contributed by atoms with Crippen LogP contribution in [0.2, 0.25) is 0 Å². The molecule has 2 unspecified atom stereocenters. The SMILES string of the molecule is CC1CC(NS(=O)(=O)c2cnn(CC(=O)O)c2)CCO1. The first-order valence-corrected chi connectivity index (χ1v) is 7.73. The van der Waals surface area contributed by atoms with Crippen molar-refractivity contribution in [1.82, 2.24) is 14.5 Å². The number of rotatable bonds is 5. The maximum Gasteiger partial charge on any atom is 0.325 e. The summed E-state index contributed by atoms with van der Waals surface area (Å²) < 4.78 is 33.3. The summed E-state index contributed by atoms with van der Waals surface area (Å²) in [5, 5.41) is 12.4. The fraction of sp³-hybridized carbons (Fsp3) is 0.636. The second kappa shape index (κ2) is 5.90. The molecule has 1 aliphatic heterocycles. The zero-order chi connectivity index (χ0) is 14.8. The minimum Gasteiger partial charge on any atom is -0.480 e. The van der Waals surface area contributed by atoms with Gasteiger partial charge in [-0.15, -0.1) is 0 Å². The summed E-state index contributed by atoms with van der Waals surface area (Å²) in [6.45, 7) is 2.04. The number of ether oxygens (including phenoxy) is 1. The minimum absolute atomic E-state index is 0.0196. The Morgan fingerprint density at radius 3 is 3.05 bits per heavy atom. The number of carbonyl (C=O) groups is 1. The lowest BCUT2D eigenvalue weighted by molar-refractivity contribution is -0.137. The second-order valence-electron chi connectivity index (χ2n) is 4.79. The molecule has 2 rings (SSSR count). The van der Waals surface area contributed by atoms with Gasteiger partial charge < -0.3 is 9.84 Å². The molecular weight excluding hydrogens is 286 g/mol. The Hall–Kier alpha value is -1.45. The monoisotopic (exact) mass is 303 g/mol. The maximum absolute atomic E-state index is 12.2. The van der Waals surface area contributed by atoms with Crippen molar-refractivity contribution in [3.63, 3.8) is 0 Å². The number of carboxylic acids is 1. The molecule has 0 bridgehead atoms. The zero-order valence-electron chi connectivity index (χ0n) is 11.0. The van der Waals surface area contributed by atoms with Crippen LogP contribution in [-0.2, 0) is 26.1 Å². The first-order valence-electron chi connectivity index (χ1n) is 6.25. The number of hydrogen-bond donors (Lipinski definition) is 2. The summed E-state index contributed by atoms with van der Waals surface area (Å²) in [5.74, 6) is -1.08. The molecule has 112 valence electrons. The molecule has 0 amide bonds. The van der Waals surface area contributed by atoms with Gasteiger partial charge in [0.05, 0.1) is 12.3 Å². The molecule has 0 aromatic carbocycles. The number of carboxylic acid groups (broad SMARTS) is 1. The molecule has 1 aromatic rings. The van der Waals surface area contributed by atoms with E-state index in [4.69, 9.17) is 9.84 Å². The number of aromatic nitrogens is 2. The molecule has 1 aliphatic rings. The van der Waals surface area contributed by atoms with Crippen LogP contribution in [0.4, 0.5) is 0 Å². The summed E-state index contributed by atoms with van der Waals surface area (Å²) in [6, 6.07) is -0.174. The fourth-order valence-electron chi connectivity index (χ4n) is 2.10. The Morgan fingerprint density at radius 1 is 1.65 bits per heavy atom. The Balaban J connectivity index is 2.06. The number of aliphatic carboxylic acids is 1. The molecule has 8 nitrogen and oxygen atoms in total. The van der Waals surface area contributed by atoms with Gasteiger partial charge in [-0.3, -0.25) is 9.48 Å². The van der Waals surface area contributed by atoms with Gasteiger partial charge in [0.1, 0.15) is 11.4 Å². The van der Waals surface area contributed by atoms with Crippen LogP contribution >= 0.6 is 0 Å². The first-order chi connectivity index (χ1) is 9.37. The van der Waals surface area contributed by atoms with Crippen LogP contribution in [-0.4, -0.2) is 48.0 Å². The van der Waals surface area contributed by atoms with Crippen LogP contribution in [0.25, 0.3) is 0 Å². The summed E-state index contributed by atoms with van der Waals surface area (Å²) in [6.07, 6.45) is 3.61. The number of nitrogens with zero attached hydrogens (tertiary/aromatic N) is 2. The van der Waals surface area contributed by atoms with Crippen molar-refractivity contribution in [2.45, 2.75) is 43.4 Å². The normalized spacial score (nSPS) is 23.6. The van der Waals surface area contributed by atoms with Crippen LogP contribution in [0.15, 0.2) is 17.3 Å². The molecule has 0 saturated carbocycles. The minimum atomic E-state index is -3.68. The van der Waals surface area contributed by atoms with Crippen LogP contribution in [0.1, 0.15) is 19.8 Å². The third-order valence-electron chi connectivity index (χ3n) is 3.02. The molecule has 1 fully saturated rings. The predicted octanol–water partition coefficient (Wildman–Crippen LogP) is -0.186. The summed E-state index contributed by atoms with van der Waals surface area (Å²) >= 11 is 0. The Labute approximate surface area is 116 Å². The van der Waals surface area contributed by atoms with Crippen molar-refractivity contribution < 1.29 is 23.1 Å². The summed E-state index contributed by atoms with van der Waals surface area (Å²) in [7, 11) is -3.68. The lowest BCUT2D eigenvalue weighted by atomic mass is 10.1. The van der Waals surface area contributed by atoms with Gasteiger partial charge in [-0.2, -0.15) is 5.10 Å².